The number of hydrogen-bond acceptors (Lipinski definition) is 2. The Balaban J connectivity index is 2.71. The van der Waals surface area contributed by atoms with Gasteiger partial charge in [0, 0.05) is 12.8 Å². The van der Waals surface area contributed by atoms with Crippen molar-refractivity contribution in [3.63, 3.8) is 0 Å². The molecule has 0 saturated carbocycles. The molecule has 0 amide bonds. The predicted molar refractivity (Wildman–Crippen MR) is 30.2 cm³/mol. The van der Waals surface area contributed by atoms with E-state index in [2.05, 4.69) is 0 Å². The molecule has 1 radical (unpaired) electrons. The van der Waals surface area contributed by atoms with Gasteiger partial charge in [-0.3, -0.25) is 4.79 Å². The fourth-order valence-electron chi connectivity index (χ4n) is 0.425. The van der Waals surface area contributed by atoms with Gasteiger partial charge in [-0.2, -0.15) is 0 Å². The van der Waals surface area contributed by atoms with Crippen LogP contribution in [0.15, 0.2) is 0 Å². The Labute approximate surface area is 48.9 Å². The van der Waals surface area contributed by atoms with Crippen LogP contribution in [0, 0.1) is 0 Å². The van der Waals surface area contributed by atoms with Crippen LogP contribution < -0.4 is 0 Å². The number of carbonyl (C=O) groups is 1. The van der Waals surface area contributed by atoms with Crippen LogP contribution >= 0.6 is 0 Å². The highest BCUT2D eigenvalue weighted by atomic mass is 16.1. The van der Waals surface area contributed by atoms with Crippen molar-refractivity contribution in [1.29, 1.82) is 0 Å². The van der Waals surface area contributed by atoms with Gasteiger partial charge < -0.3 is 4.79 Å². The molecule has 0 rings (SSSR count). The van der Waals surface area contributed by atoms with Crippen LogP contribution in [-0.4, -0.2) is 12.6 Å². The third kappa shape index (κ3) is 5.34. The van der Waals surface area contributed by atoms with Crippen LogP contribution in [-0.2, 0) is 9.59 Å². The third-order valence-electron chi connectivity index (χ3n) is 0.851. The summed E-state index contributed by atoms with van der Waals surface area (Å²) in [5, 5.41) is 0. The largest absolute Gasteiger partial charge is 0.303 e. The molecule has 0 N–H and O–H groups in total. The monoisotopic (exact) mass is 113 g/mol. The third-order valence-corrected chi connectivity index (χ3v) is 0.851. The number of rotatable bonds is 5. The molecule has 0 unspecified atom stereocenters. The lowest BCUT2D eigenvalue weighted by atomic mass is 10.2. The Kier molecular flexibility index (Phi) is 5.82. The minimum atomic E-state index is 0.466. The van der Waals surface area contributed by atoms with Crippen LogP contribution in [0.4, 0.5) is 0 Å². The highest BCUT2D eigenvalue weighted by Gasteiger charge is 1.84. The standard InChI is InChI=1S/C6H9O2/c7-5-3-1-2-4-6-8/h5H,1-4H2. The molecule has 0 spiro atoms. The maximum Gasteiger partial charge on any atom is 0.198 e. The SMILES string of the molecule is O=[C]CCCCC=O. The van der Waals surface area contributed by atoms with Gasteiger partial charge in [-0.1, -0.05) is 0 Å². The summed E-state index contributed by atoms with van der Waals surface area (Å²) in [6, 6.07) is 0. The molecule has 0 aromatic rings. The zero-order valence-electron chi connectivity index (χ0n) is 4.72. The van der Waals surface area contributed by atoms with Crippen molar-refractivity contribution >= 4 is 12.6 Å². The van der Waals surface area contributed by atoms with E-state index in [0.29, 0.717) is 12.8 Å². The first-order chi connectivity index (χ1) is 3.91. The molecular weight excluding hydrogens is 104 g/mol. The summed E-state index contributed by atoms with van der Waals surface area (Å²) in [4.78, 5) is 19.2. The lowest BCUT2D eigenvalue weighted by Gasteiger charge is -1.84. The Bertz CT molecular complexity index is 58.9. The van der Waals surface area contributed by atoms with Crippen molar-refractivity contribution in [2.45, 2.75) is 25.7 Å². The first-order valence-corrected chi connectivity index (χ1v) is 2.70. The molecule has 0 atom stereocenters. The minimum absolute atomic E-state index is 0.466. The predicted octanol–water partition coefficient (Wildman–Crippen LogP) is 0.855. The van der Waals surface area contributed by atoms with Crippen LogP contribution in [0.3, 0.4) is 0 Å². The number of hydrogen-bond donors (Lipinski definition) is 0. The summed E-state index contributed by atoms with van der Waals surface area (Å²) >= 11 is 0. The molecule has 0 bridgehead atoms. The van der Waals surface area contributed by atoms with Gasteiger partial charge in [-0.25, -0.2) is 0 Å². The fourth-order valence-corrected chi connectivity index (χ4v) is 0.425. The summed E-state index contributed by atoms with van der Waals surface area (Å²) < 4.78 is 0. The summed E-state index contributed by atoms with van der Waals surface area (Å²) in [5.74, 6) is 0. The van der Waals surface area contributed by atoms with Crippen LogP contribution in [0.25, 0.3) is 0 Å². The smallest absolute Gasteiger partial charge is 0.198 e. The van der Waals surface area contributed by atoms with Gasteiger partial charge in [-0.05, 0) is 12.8 Å². The Morgan fingerprint density at radius 3 is 2.62 bits per heavy atom. The van der Waals surface area contributed by atoms with Crippen molar-refractivity contribution in [1.82, 2.24) is 0 Å². The average Bonchev–Trinajstić information content (AvgIpc) is 1.81. The van der Waals surface area contributed by atoms with E-state index in [1.54, 1.807) is 6.29 Å². The van der Waals surface area contributed by atoms with E-state index < -0.39 is 0 Å². The number of aldehydes is 1. The maximum absolute atomic E-state index is 9.67. The molecule has 0 aliphatic heterocycles. The lowest BCUT2D eigenvalue weighted by molar-refractivity contribution is -0.107. The molecule has 0 aliphatic carbocycles. The first kappa shape index (κ1) is 7.34. The van der Waals surface area contributed by atoms with Crippen LogP contribution in [0.5, 0.6) is 0 Å². The number of carbonyl (C=O) groups excluding carboxylic acids is 2. The zero-order chi connectivity index (χ0) is 6.24. The second-order valence-electron chi connectivity index (χ2n) is 1.56. The summed E-state index contributed by atoms with van der Waals surface area (Å²) in [5.41, 5.74) is 0. The molecule has 0 fully saturated rings. The minimum Gasteiger partial charge on any atom is -0.303 e. The maximum atomic E-state index is 9.67. The molecular formula is C6H9O2. The Hall–Kier alpha value is -0.660. The zero-order valence-corrected chi connectivity index (χ0v) is 4.72. The van der Waals surface area contributed by atoms with Crippen molar-refractivity contribution in [2.75, 3.05) is 0 Å². The quantitative estimate of drug-likeness (QED) is 0.391. The molecule has 0 saturated heterocycles. The molecule has 45 valence electrons. The Morgan fingerprint density at radius 2 is 2.12 bits per heavy atom. The molecule has 0 heterocycles. The van der Waals surface area contributed by atoms with Crippen molar-refractivity contribution in [3.8, 4) is 0 Å². The van der Waals surface area contributed by atoms with Crippen molar-refractivity contribution < 1.29 is 9.59 Å². The molecule has 2 nitrogen and oxygen atoms in total. The van der Waals surface area contributed by atoms with Crippen LogP contribution in [0.1, 0.15) is 25.7 Å². The molecule has 2 heteroatoms. The normalized spacial score (nSPS) is 8.50. The van der Waals surface area contributed by atoms with Gasteiger partial charge in [-0.15, -0.1) is 0 Å². The van der Waals surface area contributed by atoms with E-state index in [9.17, 15) is 9.59 Å². The van der Waals surface area contributed by atoms with E-state index in [-0.39, 0.29) is 0 Å². The molecule has 0 aromatic heterocycles. The van der Waals surface area contributed by atoms with Gasteiger partial charge >= 0.3 is 0 Å². The Morgan fingerprint density at radius 1 is 1.38 bits per heavy atom. The molecule has 0 aliphatic rings. The molecule has 0 aromatic carbocycles. The van der Waals surface area contributed by atoms with Gasteiger partial charge in [0.2, 0.25) is 0 Å². The highest BCUT2D eigenvalue weighted by Crippen LogP contribution is 1.93. The van der Waals surface area contributed by atoms with Gasteiger partial charge in [0.25, 0.3) is 0 Å². The van der Waals surface area contributed by atoms with Crippen molar-refractivity contribution in [2.24, 2.45) is 0 Å². The van der Waals surface area contributed by atoms with E-state index >= 15 is 0 Å². The van der Waals surface area contributed by atoms with E-state index in [1.165, 1.54) is 0 Å². The van der Waals surface area contributed by atoms with Gasteiger partial charge in [0.1, 0.15) is 6.29 Å². The van der Waals surface area contributed by atoms with Crippen LogP contribution in [0.2, 0.25) is 0 Å². The van der Waals surface area contributed by atoms with E-state index in [4.69, 9.17) is 0 Å². The average molecular weight is 113 g/mol. The lowest BCUT2D eigenvalue weighted by Crippen LogP contribution is -1.78. The summed E-state index contributed by atoms with van der Waals surface area (Å²) in [6.45, 7) is 0. The van der Waals surface area contributed by atoms with E-state index in [0.717, 1.165) is 19.1 Å². The van der Waals surface area contributed by atoms with Crippen molar-refractivity contribution in [3.05, 3.63) is 0 Å². The summed E-state index contributed by atoms with van der Waals surface area (Å²) in [7, 11) is 0. The summed E-state index contributed by atoms with van der Waals surface area (Å²) in [6.07, 6.45) is 5.28. The fraction of sp³-hybridized carbons (Fsp3) is 0.667. The van der Waals surface area contributed by atoms with Gasteiger partial charge in [0.15, 0.2) is 6.29 Å². The van der Waals surface area contributed by atoms with E-state index in [1.807, 2.05) is 0 Å². The number of unbranched alkanes of at least 4 members (excludes halogenated alkanes) is 3. The first-order valence-electron chi connectivity index (χ1n) is 2.70. The highest BCUT2D eigenvalue weighted by molar-refractivity contribution is 5.51. The van der Waals surface area contributed by atoms with Gasteiger partial charge in [0.05, 0.1) is 0 Å². The topological polar surface area (TPSA) is 34.1 Å². The second kappa shape index (κ2) is 6.34. The molecule has 8 heavy (non-hydrogen) atoms. The second-order valence-corrected chi connectivity index (χ2v) is 1.56.